The topological polar surface area (TPSA) is 87.2 Å². The lowest BCUT2D eigenvalue weighted by Crippen LogP contribution is -2.15. The Kier molecular flexibility index (Phi) is 7.37. The van der Waals surface area contributed by atoms with E-state index in [1.165, 1.54) is 0 Å². The maximum absolute atomic E-state index is 3.69. The van der Waals surface area contributed by atoms with Gasteiger partial charge in [0.15, 0.2) is 0 Å². The van der Waals surface area contributed by atoms with Crippen LogP contribution in [0.3, 0.4) is 0 Å². The highest BCUT2D eigenvalue weighted by Crippen LogP contribution is 2.26. The van der Waals surface area contributed by atoms with Gasteiger partial charge in [0, 0.05) is 78.1 Å². The van der Waals surface area contributed by atoms with Gasteiger partial charge in [-0.05, 0) is 120 Å². The zero-order valence-electron chi connectivity index (χ0n) is 27.2. The Balaban J connectivity index is 1.14. The quantitative estimate of drug-likeness (QED) is 0.118. The van der Waals surface area contributed by atoms with Crippen LogP contribution < -0.4 is 32.0 Å². The first-order valence-electron chi connectivity index (χ1n) is 16.8. The van der Waals surface area contributed by atoms with E-state index in [1.54, 1.807) is 0 Å². The number of benzene rings is 4. The average Bonchev–Trinajstić information content (AvgIpc) is 3.98. The van der Waals surface area contributed by atoms with Gasteiger partial charge < -0.3 is 30.6 Å². The largest absolute Gasteiger partial charge is 0.356 e. The summed E-state index contributed by atoms with van der Waals surface area (Å²) in [6.07, 6.45) is 4.31. The number of anilines is 4. The van der Waals surface area contributed by atoms with E-state index in [4.69, 9.17) is 0 Å². The number of para-hydroxylation sites is 2. The van der Waals surface area contributed by atoms with Gasteiger partial charge in [0.1, 0.15) is 0 Å². The van der Waals surface area contributed by atoms with Gasteiger partial charge in [-0.3, -0.25) is 0 Å². The minimum Gasteiger partial charge on any atom is -0.356 e. The maximum Gasteiger partial charge on any atom is 0.0485 e. The zero-order chi connectivity index (χ0) is 33.3. The molecule has 0 unspecified atom stereocenters. The molecule has 9 rings (SSSR count). The fourth-order valence-electron chi connectivity index (χ4n) is 6.63. The van der Waals surface area contributed by atoms with Gasteiger partial charge in [-0.25, -0.2) is 0 Å². The SMILES string of the molecule is C1=c2ccc([nH]2)=C(c2ccc(Nc3ccccc3)cc2)c2ccc([nH]2)C=c2ccc([nH]2)=C(c2ccc(Nc3ccccc3)cc2)c2ccc1[nH]2. The van der Waals surface area contributed by atoms with Crippen molar-refractivity contribution in [3.63, 3.8) is 0 Å². The molecule has 0 spiro atoms. The average molecular weight is 647 g/mol. The monoisotopic (exact) mass is 646 g/mol. The van der Waals surface area contributed by atoms with Gasteiger partial charge in [-0.1, -0.05) is 60.7 Å². The normalized spacial score (nSPS) is 12.2. The Morgan fingerprint density at radius 1 is 0.320 bits per heavy atom. The first-order valence-corrected chi connectivity index (χ1v) is 16.8. The zero-order valence-corrected chi connectivity index (χ0v) is 27.2. The van der Waals surface area contributed by atoms with Crippen molar-refractivity contribution in [3.8, 4) is 0 Å². The van der Waals surface area contributed by atoms with Crippen LogP contribution in [-0.2, 0) is 0 Å². The molecule has 240 valence electrons. The summed E-state index contributed by atoms with van der Waals surface area (Å²) < 4.78 is 0. The van der Waals surface area contributed by atoms with Crippen molar-refractivity contribution in [1.29, 1.82) is 0 Å². The number of H-pyrrole nitrogens is 4. The van der Waals surface area contributed by atoms with Gasteiger partial charge in [0.25, 0.3) is 0 Å². The number of hydrogen-bond donors (Lipinski definition) is 6. The lowest BCUT2D eigenvalue weighted by Gasteiger charge is -2.10. The number of fused-ring (bicyclic) bond motifs is 8. The molecule has 4 aromatic carbocycles. The van der Waals surface area contributed by atoms with Crippen LogP contribution in [0, 0.1) is 0 Å². The summed E-state index contributed by atoms with van der Waals surface area (Å²) in [7, 11) is 0. The number of aromatic nitrogens is 4. The molecule has 0 saturated heterocycles. The van der Waals surface area contributed by atoms with Crippen molar-refractivity contribution in [2.45, 2.75) is 0 Å². The second kappa shape index (κ2) is 12.6. The summed E-state index contributed by atoms with van der Waals surface area (Å²) in [5.41, 5.74) is 12.7. The highest BCUT2D eigenvalue weighted by molar-refractivity contribution is 5.80. The third kappa shape index (κ3) is 5.98. The number of aromatic amines is 4. The fraction of sp³-hybridized carbons (Fsp3) is 0. The molecule has 0 amide bonds. The van der Waals surface area contributed by atoms with Crippen molar-refractivity contribution < 1.29 is 0 Å². The van der Waals surface area contributed by atoms with Crippen LogP contribution in [0.5, 0.6) is 0 Å². The van der Waals surface area contributed by atoms with Gasteiger partial charge >= 0.3 is 0 Å². The van der Waals surface area contributed by atoms with Crippen molar-refractivity contribution in [1.82, 2.24) is 19.9 Å². The summed E-state index contributed by atoms with van der Waals surface area (Å²) in [5.74, 6) is 0. The van der Waals surface area contributed by atoms with E-state index < -0.39 is 0 Å². The second-order valence-electron chi connectivity index (χ2n) is 12.5. The van der Waals surface area contributed by atoms with Crippen LogP contribution in [0.1, 0.15) is 33.9 Å². The van der Waals surface area contributed by atoms with Crippen molar-refractivity contribution >= 4 is 46.0 Å². The molecule has 0 fully saturated rings. The Bertz CT molecular complexity index is 2480. The van der Waals surface area contributed by atoms with Crippen molar-refractivity contribution in [2.75, 3.05) is 10.6 Å². The first-order chi connectivity index (χ1) is 24.7. The molecule has 0 aliphatic carbocycles. The predicted molar refractivity (Wildman–Crippen MR) is 204 cm³/mol. The Labute approximate surface area is 288 Å². The van der Waals surface area contributed by atoms with E-state index in [0.717, 1.165) is 89.2 Å². The molecule has 1 aliphatic heterocycles. The molecular formula is C44H34N6. The first kappa shape index (κ1) is 29.2. The molecule has 6 N–H and O–H groups in total. The number of nitrogens with one attached hydrogen (secondary N) is 6. The number of rotatable bonds is 6. The Morgan fingerprint density at radius 3 is 1.14 bits per heavy atom. The van der Waals surface area contributed by atoms with Gasteiger partial charge in [0.05, 0.1) is 0 Å². The summed E-state index contributed by atoms with van der Waals surface area (Å²) in [4.78, 5) is 14.7. The second-order valence-corrected chi connectivity index (χ2v) is 12.5. The van der Waals surface area contributed by atoms with Crippen molar-refractivity contribution in [3.05, 3.63) is 213 Å². The minimum atomic E-state index is 1.01. The molecule has 0 radical (unpaired) electrons. The van der Waals surface area contributed by atoms with E-state index in [9.17, 15) is 0 Å². The molecule has 5 heterocycles. The van der Waals surface area contributed by atoms with Gasteiger partial charge in [-0.2, -0.15) is 0 Å². The maximum atomic E-state index is 3.69. The van der Waals surface area contributed by atoms with Gasteiger partial charge in [0.2, 0.25) is 0 Å². The summed E-state index contributed by atoms with van der Waals surface area (Å²) in [6, 6.07) is 54.8. The molecule has 1 aliphatic rings. The van der Waals surface area contributed by atoms with Crippen LogP contribution in [0.2, 0.25) is 0 Å². The third-order valence-electron chi connectivity index (χ3n) is 9.01. The van der Waals surface area contributed by atoms with Crippen LogP contribution in [-0.4, -0.2) is 19.9 Å². The summed E-state index contributed by atoms with van der Waals surface area (Å²) >= 11 is 0. The molecule has 8 bridgehead atoms. The van der Waals surface area contributed by atoms with Crippen LogP contribution in [0.25, 0.3) is 23.3 Å². The Hall–Kier alpha value is -6.92. The highest BCUT2D eigenvalue weighted by Gasteiger charge is 2.13. The fourth-order valence-corrected chi connectivity index (χ4v) is 6.63. The van der Waals surface area contributed by atoms with E-state index >= 15 is 0 Å². The van der Waals surface area contributed by atoms with E-state index in [0.29, 0.717) is 0 Å². The smallest absolute Gasteiger partial charge is 0.0485 e. The molecular weight excluding hydrogens is 613 g/mol. The molecule has 50 heavy (non-hydrogen) atoms. The number of hydrogen-bond acceptors (Lipinski definition) is 2. The summed E-state index contributed by atoms with van der Waals surface area (Å²) in [6.45, 7) is 0. The van der Waals surface area contributed by atoms with E-state index in [1.807, 2.05) is 36.4 Å². The van der Waals surface area contributed by atoms with E-state index in [2.05, 4.69) is 164 Å². The van der Waals surface area contributed by atoms with Crippen LogP contribution in [0.15, 0.2) is 158 Å². The molecule has 4 aromatic heterocycles. The molecule has 6 heteroatoms. The lowest BCUT2D eigenvalue weighted by atomic mass is 10.0. The van der Waals surface area contributed by atoms with Crippen molar-refractivity contribution in [2.24, 2.45) is 0 Å². The molecule has 0 atom stereocenters. The molecule has 0 saturated carbocycles. The summed E-state index contributed by atoms with van der Waals surface area (Å²) in [5, 5.41) is 11.1. The molecule has 8 aromatic rings. The highest BCUT2D eigenvalue weighted by atomic mass is 14.9. The minimum absolute atomic E-state index is 1.01. The third-order valence-corrected chi connectivity index (χ3v) is 9.01. The predicted octanol–water partition coefficient (Wildman–Crippen LogP) is 6.95. The molecule has 6 nitrogen and oxygen atoms in total. The van der Waals surface area contributed by atoms with Crippen LogP contribution in [0.4, 0.5) is 22.7 Å². The van der Waals surface area contributed by atoms with E-state index in [-0.39, 0.29) is 0 Å². The standard InChI is InChI=1S/C44H34N6/c1-3-7-31(8-4-1)45-33-15-11-29(12-16-33)43-39-23-19-35(47-39)27-37-21-25-41(49-37)44(42-26-22-38(50-42)28-36-20-24-40(43)48-36)30-13-17-34(18-14-30)46-32-9-5-2-6-10-32/h1-28,45-50H. The lowest BCUT2D eigenvalue weighted by molar-refractivity contribution is 1.21. The van der Waals surface area contributed by atoms with Gasteiger partial charge in [-0.15, -0.1) is 0 Å². The van der Waals surface area contributed by atoms with Crippen LogP contribution >= 0.6 is 0 Å². The Morgan fingerprint density at radius 2 is 0.720 bits per heavy atom.